The third-order valence-corrected chi connectivity index (χ3v) is 3.88. The van der Waals surface area contributed by atoms with E-state index < -0.39 is 11.2 Å². The molecule has 1 amide bonds. The number of hydrogen-bond donors (Lipinski definition) is 2. The number of nitrogens with one attached hydrogen (secondary N) is 1. The first kappa shape index (κ1) is 18.6. The number of H-pyrrole nitrogens is 1. The summed E-state index contributed by atoms with van der Waals surface area (Å²) in [7, 11) is 0. The summed E-state index contributed by atoms with van der Waals surface area (Å²) < 4.78 is 6.60. The molecular formula is C17H24N4O4. The summed E-state index contributed by atoms with van der Waals surface area (Å²) in [4.78, 5) is 40.6. The van der Waals surface area contributed by atoms with Gasteiger partial charge in [-0.2, -0.15) is 0 Å². The lowest BCUT2D eigenvalue weighted by Crippen LogP contribution is -2.40. The van der Waals surface area contributed by atoms with E-state index in [4.69, 9.17) is 10.2 Å². The maximum atomic E-state index is 12.6. The van der Waals surface area contributed by atoms with Crippen LogP contribution in [0.15, 0.2) is 32.4 Å². The van der Waals surface area contributed by atoms with Gasteiger partial charge in [-0.25, -0.2) is 4.79 Å². The average molecular weight is 348 g/mol. The van der Waals surface area contributed by atoms with Crippen molar-refractivity contribution < 1.29 is 9.21 Å². The summed E-state index contributed by atoms with van der Waals surface area (Å²) in [6.07, 6.45) is 3.98. The fraction of sp³-hybridized carbons (Fsp3) is 0.471. The summed E-state index contributed by atoms with van der Waals surface area (Å²) in [6.45, 7) is 4.31. The van der Waals surface area contributed by atoms with Crippen LogP contribution in [0.4, 0.5) is 11.5 Å². The summed E-state index contributed by atoms with van der Waals surface area (Å²) in [5, 5.41) is 0. The Morgan fingerprint density at radius 2 is 2.08 bits per heavy atom. The molecule has 0 radical (unpaired) electrons. The zero-order valence-corrected chi connectivity index (χ0v) is 14.6. The standard InChI is InChI=1S/C17H24N4O4/c1-3-5-9-20-15(18)14(16(23)19-17(20)24)21(13(22)7-4-2)11-12-8-6-10-25-12/h6,8,10H,3-5,7,9,11,18H2,1-2H3,(H,19,23,24). The number of nitrogens with two attached hydrogens (primary N) is 1. The number of carbonyl (C=O) groups is 1. The van der Waals surface area contributed by atoms with Gasteiger partial charge in [0.05, 0.1) is 12.8 Å². The smallest absolute Gasteiger partial charge is 0.330 e. The zero-order valence-electron chi connectivity index (χ0n) is 14.6. The molecule has 0 aliphatic heterocycles. The molecule has 0 aromatic carbocycles. The fourth-order valence-electron chi connectivity index (χ4n) is 2.58. The minimum atomic E-state index is -0.675. The van der Waals surface area contributed by atoms with E-state index >= 15 is 0 Å². The SMILES string of the molecule is CCCCn1c(N)c(N(Cc2ccco2)C(=O)CCC)c(=O)[nH]c1=O. The van der Waals surface area contributed by atoms with Gasteiger partial charge in [0.1, 0.15) is 11.6 Å². The molecule has 0 atom stereocenters. The van der Waals surface area contributed by atoms with Crippen molar-refractivity contribution in [2.24, 2.45) is 0 Å². The highest BCUT2D eigenvalue weighted by Gasteiger charge is 2.24. The van der Waals surface area contributed by atoms with Crippen molar-refractivity contribution in [2.45, 2.75) is 52.6 Å². The molecule has 136 valence electrons. The predicted molar refractivity (Wildman–Crippen MR) is 95.4 cm³/mol. The molecule has 0 bridgehead atoms. The Morgan fingerprint density at radius 3 is 2.68 bits per heavy atom. The van der Waals surface area contributed by atoms with E-state index in [0.29, 0.717) is 18.7 Å². The highest BCUT2D eigenvalue weighted by molar-refractivity contribution is 5.95. The molecule has 8 heteroatoms. The third-order valence-electron chi connectivity index (χ3n) is 3.88. The maximum Gasteiger partial charge on any atom is 0.330 e. The lowest BCUT2D eigenvalue weighted by atomic mass is 10.2. The van der Waals surface area contributed by atoms with Crippen LogP contribution < -0.4 is 21.9 Å². The second-order valence-corrected chi connectivity index (χ2v) is 5.81. The molecule has 8 nitrogen and oxygen atoms in total. The van der Waals surface area contributed by atoms with Gasteiger partial charge < -0.3 is 10.2 Å². The molecule has 0 spiro atoms. The van der Waals surface area contributed by atoms with Crippen molar-refractivity contribution in [1.82, 2.24) is 9.55 Å². The number of hydrogen-bond acceptors (Lipinski definition) is 5. The highest BCUT2D eigenvalue weighted by atomic mass is 16.3. The van der Waals surface area contributed by atoms with E-state index in [1.54, 1.807) is 12.1 Å². The third kappa shape index (κ3) is 4.20. The first-order valence-electron chi connectivity index (χ1n) is 8.44. The Bertz CT molecular complexity index is 820. The van der Waals surface area contributed by atoms with Crippen LogP contribution in [-0.2, 0) is 17.9 Å². The molecule has 0 aliphatic carbocycles. The molecule has 0 saturated carbocycles. The zero-order chi connectivity index (χ0) is 18.4. The minimum absolute atomic E-state index is 0.00166. The Balaban J connectivity index is 2.53. The lowest BCUT2D eigenvalue weighted by molar-refractivity contribution is -0.118. The number of aromatic amines is 1. The maximum absolute atomic E-state index is 12.6. The lowest BCUT2D eigenvalue weighted by Gasteiger charge is -2.23. The molecule has 2 aromatic rings. The van der Waals surface area contributed by atoms with E-state index in [1.165, 1.54) is 15.7 Å². The molecule has 0 aliphatic rings. The largest absolute Gasteiger partial charge is 0.467 e. The first-order chi connectivity index (χ1) is 12.0. The molecule has 0 saturated heterocycles. The molecule has 2 heterocycles. The van der Waals surface area contributed by atoms with Gasteiger partial charge in [-0.05, 0) is 25.0 Å². The molecule has 0 fully saturated rings. The van der Waals surface area contributed by atoms with E-state index in [2.05, 4.69) is 4.98 Å². The summed E-state index contributed by atoms with van der Waals surface area (Å²) in [5.41, 5.74) is 4.86. The van der Waals surface area contributed by atoms with Gasteiger partial charge >= 0.3 is 5.69 Å². The molecule has 2 rings (SSSR count). The van der Waals surface area contributed by atoms with Gasteiger partial charge in [0, 0.05) is 13.0 Å². The van der Waals surface area contributed by atoms with Gasteiger partial charge in [0.2, 0.25) is 5.91 Å². The van der Waals surface area contributed by atoms with Crippen molar-refractivity contribution in [2.75, 3.05) is 10.6 Å². The number of amides is 1. The second-order valence-electron chi connectivity index (χ2n) is 5.81. The van der Waals surface area contributed by atoms with Crippen LogP contribution in [0.3, 0.4) is 0 Å². The summed E-state index contributed by atoms with van der Waals surface area (Å²) in [5.74, 6) is 0.268. The van der Waals surface area contributed by atoms with E-state index in [-0.39, 0.29) is 30.4 Å². The van der Waals surface area contributed by atoms with Crippen LogP contribution >= 0.6 is 0 Å². The summed E-state index contributed by atoms with van der Waals surface area (Å²) >= 11 is 0. The molecule has 3 N–H and O–H groups in total. The predicted octanol–water partition coefficient (Wildman–Crippen LogP) is 1.85. The van der Waals surface area contributed by atoms with Crippen molar-refractivity contribution >= 4 is 17.4 Å². The number of rotatable bonds is 8. The Labute approximate surface area is 145 Å². The first-order valence-corrected chi connectivity index (χ1v) is 8.44. The monoisotopic (exact) mass is 348 g/mol. The number of anilines is 2. The van der Waals surface area contributed by atoms with Crippen molar-refractivity contribution in [1.29, 1.82) is 0 Å². The number of unbranched alkanes of at least 4 members (excludes halogenated alkanes) is 1. The molecule has 0 unspecified atom stereocenters. The van der Waals surface area contributed by atoms with Crippen molar-refractivity contribution in [3.8, 4) is 0 Å². The van der Waals surface area contributed by atoms with E-state index in [1.807, 2.05) is 13.8 Å². The van der Waals surface area contributed by atoms with Gasteiger partial charge in [-0.15, -0.1) is 0 Å². The molecular weight excluding hydrogens is 324 g/mol. The van der Waals surface area contributed by atoms with Gasteiger partial charge in [0.25, 0.3) is 5.56 Å². The van der Waals surface area contributed by atoms with Crippen LogP contribution in [0.25, 0.3) is 0 Å². The van der Waals surface area contributed by atoms with Crippen LogP contribution in [0.1, 0.15) is 45.3 Å². The van der Waals surface area contributed by atoms with E-state index in [0.717, 1.165) is 12.8 Å². The number of aromatic nitrogens is 2. The minimum Gasteiger partial charge on any atom is -0.467 e. The normalized spacial score (nSPS) is 10.8. The topological polar surface area (TPSA) is 114 Å². The van der Waals surface area contributed by atoms with Gasteiger partial charge in [0.15, 0.2) is 5.69 Å². The van der Waals surface area contributed by atoms with Gasteiger partial charge in [-0.1, -0.05) is 20.3 Å². The van der Waals surface area contributed by atoms with Crippen molar-refractivity contribution in [3.63, 3.8) is 0 Å². The highest BCUT2D eigenvalue weighted by Crippen LogP contribution is 2.21. The molecule has 25 heavy (non-hydrogen) atoms. The number of carbonyl (C=O) groups excluding carboxylic acids is 1. The molecule has 2 aromatic heterocycles. The van der Waals surface area contributed by atoms with Gasteiger partial charge in [-0.3, -0.25) is 24.0 Å². The van der Waals surface area contributed by atoms with Crippen LogP contribution in [0.2, 0.25) is 0 Å². The average Bonchev–Trinajstić information content (AvgIpc) is 3.07. The van der Waals surface area contributed by atoms with Crippen LogP contribution in [-0.4, -0.2) is 15.5 Å². The van der Waals surface area contributed by atoms with Crippen molar-refractivity contribution in [3.05, 3.63) is 45.0 Å². The van der Waals surface area contributed by atoms with E-state index in [9.17, 15) is 14.4 Å². The summed E-state index contributed by atoms with van der Waals surface area (Å²) in [6, 6.07) is 3.41. The number of nitrogens with zero attached hydrogens (tertiary/aromatic N) is 2. The number of furan rings is 1. The van der Waals surface area contributed by atoms with Crippen LogP contribution in [0, 0.1) is 0 Å². The second kappa shape index (κ2) is 8.36. The fourth-order valence-corrected chi connectivity index (χ4v) is 2.58. The Kier molecular flexibility index (Phi) is 6.21. The Hall–Kier alpha value is -2.77. The quantitative estimate of drug-likeness (QED) is 0.755. The van der Waals surface area contributed by atoms with Crippen LogP contribution in [0.5, 0.6) is 0 Å². The number of nitrogen functional groups attached to an aromatic ring is 1. The Morgan fingerprint density at radius 1 is 1.32 bits per heavy atom.